The van der Waals surface area contributed by atoms with E-state index in [1.165, 1.54) is 0 Å². The molecule has 0 spiro atoms. The van der Waals surface area contributed by atoms with Gasteiger partial charge in [-0.2, -0.15) is 0 Å². The fourth-order valence-electron chi connectivity index (χ4n) is 2.18. The summed E-state index contributed by atoms with van der Waals surface area (Å²) < 4.78 is 7.49. The van der Waals surface area contributed by atoms with Gasteiger partial charge < -0.3 is 4.74 Å². The van der Waals surface area contributed by atoms with Crippen LogP contribution in [-0.2, 0) is 11.2 Å². The number of carbonyl (C=O) groups is 1. The molecular weight excluding hydrogens is 218 g/mol. The molecule has 0 aliphatic carbocycles. The summed E-state index contributed by atoms with van der Waals surface area (Å²) in [6.45, 7) is 0.844. The van der Waals surface area contributed by atoms with E-state index in [9.17, 15) is 4.79 Å². The van der Waals surface area contributed by atoms with Crippen molar-refractivity contribution in [2.75, 3.05) is 6.61 Å². The topological polar surface area (TPSA) is 56.5 Å². The average Bonchev–Trinajstić information content (AvgIpc) is 2.99. The van der Waals surface area contributed by atoms with Gasteiger partial charge in [-0.3, -0.25) is 9.20 Å². The minimum Gasteiger partial charge on any atom is -0.378 e. The average molecular weight is 231 g/mol. The van der Waals surface area contributed by atoms with Crippen molar-refractivity contribution in [2.45, 2.75) is 25.4 Å². The van der Waals surface area contributed by atoms with Crippen LogP contribution in [0.25, 0.3) is 5.65 Å². The maximum absolute atomic E-state index is 10.7. The van der Waals surface area contributed by atoms with Crippen LogP contribution in [0.1, 0.15) is 29.0 Å². The third-order valence-electron chi connectivity index (χ3n) is 3.07. The highest BCUT2D eigenvalue weighted by atomic mass is 16.5. The molecular formula is C12H13N3O2. The molecule has 2 aromatic heterocycles. The van der Waals surface area contributed by atoms with Crippen molar-refractivity contribution in [2.24, 2.45) is 0 Å². The standard InChI is InChI=1S/C12H13N3O2/c16-8-9-3-4-15-11(6-9)13-14-12(15)7-10-2-1-5-17-10/h3-4,6,8,10H,1-2,5,7H2. The van der Waals surface area contributed by atoms with Crippen molar-refractivity contribution in [3.8, 4) is 0 Å². The first-order chi connectivity index (χ1) is 8.36. The number of rotatable bonds is 3. The highest BCUT2D eigenvalue weighted by Gasteiger charge is 2.18. The summed E-state index contributed by atoms with van der Waals surface area (Å²) in [5.74, 6) is 0.893. The lowest BCUT2D eigenvalue weighted by Crippen LogP contribution is -2.11. The van der Waals surface area contributed by atoms with Crippen molar-refractivity contribution < 1.29 is 9.53 Å². The van der Waals surface area contributed by atoms with E-state index >= 15 is 0 Å². The Morgan fingerprint density at radius 1 is 1.53 bits per heavy atom. The molecule has 2 aromatic rings. The van der Waals surface area contributed by atoms with Crippen LogP contribution in [0, 0.1) is 0 Å². The van der Waals surface area contributed by atoms with E-state index in [0.717, 1.165) is 38.0 Å². The second kappa shape index (κ2) is 4.25. The normalized spacial score (nSPS) is 19.9. The second-order valence-corrected chi connectivity index (χ2v) is 4.26. The molecule has 0 amide bonds. The first-order valence-electron chi connectivity index (χ1n) is 5.77. The fourth-order valence-corrected chi connectivity index (χ4v) is 2.18. The number of fused-ring (bicyclic) bond motifs is 1. The molecule has 17 heavy (non-hydrogen) atoms. The van der Waals surface area contributed by atoms with E-state index < -0.39 is 0 Å². The first kappa shape index (κ1) is 10.4. The predicted octanol–water partition coefficient (Wildman–Crippen LogP) is 1.26. The van der Waals surface area contributed by atoms with E-state index in [-0.39, 0.29) is 6.10 Å². The number of aromatic nitrogens is 3. The van der Waals surface area contributed by atoms with Gasteiger partial charge in [0.15, 0.2) is 5.65 Å². The quantitative estimate of drug-likeness (QED) is 0.746. The summed E-state index contributed by atoms with van der Waals surface area (Å²) >= 11 is 0. The number of nitrogens with zero attached hydrogens (tertiary/aromatic N) is 3. The second-order valence-electron chi connectivity index (χ2n) is 4.26. The van der Waals surface area contributed by atoms with E-state index in [1.807, 2.05) is 10.6 Å². The lowest BCUT2D eigenvalue weighted by Gasteiger charge is -2.07. The predicted molar refractivity (Wildman–Crippen MR) is 61.1 cm³/mol. The molecule has 5 heteroatoms. The molecule has 1 fully saturated rings. The van der Waals surface area contributed by atoms with Crippen LogP contribution in [-0.4, -0.2) is 33.6 Å². The van der Waals surface area contributed by atoms with Crippen molar-refractivity contribution in [3.63, 3.8) is 0 Å². The summed E-state index contributed by atoms with van der Waals surface area (Å²) in [5, 5.41) is 8.22. The summed E-state index contributed by atoms with van der Waals surface area (Å²) in [5.41, 5.74) is 1.33. The number of pyridine rings is 1. The van der Waals surface area contributed by atoms with Crippen molar-refractivity contribution in [1.82, 2.24) is 14.6 Å². The Bertz CT molecular complexity index is 544. The maximum Gasteiger partial charge on any atom is 0.161 e. The summed E-state index contributed by atoms with van der Waals surface area (Å²) in [4.78, 5) is 10.7. The van der Waals surface area contributed by atoms with Crippen LogP contribution in [0.2, 0.25) is 0 Å². The molecule has 1 unspecified atom stereocenters. The van der Waals surface area contributed by atoms with Gasteiger partial charge in [-0.1, -0.05) is 0 Å². The van der Waals surface area contributed by atoms with Gasteiger partial charge in [-0.05, 0) is 25.0 Å². The molecule has 1 aliphatic heterocycles. The minimum absolute atomic E-state index is 0.258. The minimum atomic E-state index is 0.258. The number of aldehydes is 1. The molecule has 1 aliphatic rings. The van der Waals surface area contributed by atoms with Crippen LogP contribution in [0.5, 0.6) is 0 Å². The van der Waals surface area contributed by atoms with E-state index in [1.54, 1.807) is 12.1 Å². The third-order valence-corrected chi connectivity index (χ3v) is 3.07. The molecule has 0 aromatic carbocycles. The van der Waals surface area contributed by atoms with Gasteiger partial charge >= 0.3 is 0 Å². The fraction of sp³-hybridized carbons (Fsp3) is 0.417. The number of hydrogen-bond acceptors (Lipinski definition) is 4. The molecule has 0 radical (unpaired) electrons. The Hall–Kier alpha value is -1.75. The van der Waals surface area contributed by atoms with Crippen molar-refractivity contribution in [3.05, 3.63) is 29.7 Å². The summed E-state index contributed by atoms with van der Waals surface area (Å²) in [7, 11) is 0. The van der Waals surface area contributed by atoms with Crippen LogP contribution in [0.4, 0.5) is 0 Å². The largest absolute Gasteiger partial charge is 0.378 e. The molecule has 1 saturated heterocycles. The monoisotopic (exact) mass is 231 g/mol. The Balaban J connectivity index is 1.91. The van der Waals surface area contributed by atoms with Crippen LogP contribution >= 0.6 is 0 Å². The SMILES string of the molecule is O=Cc1ccn2c(CC3CCCO3)nnc2c1. The lowest BCUT2D eigenvalue weighted by molar-refractivity contribution is 0.109. The molecule has 3 rings (SSSR count). The van der Waals surface area contributed by atoms with Crippen LogP contribution in [0.15, 0.2) is 18.3 Å². The molecule has 5 nitrogen and oxygen atoms in total. The van der Waals surface area contributed by atoms with Crippen LogP contribution in [0.3, 0.4) is 0 Å². The summed E-state index contributed by atoms with van der Waals surface area (Å²) in [6.07, 6.45) is 5.89. The highest BCUT2D eigenvalue weighted by molar-refractivity contribution is 5.76. The van der Waals surface area contributed by atoms with E-state index in [4.69, 9.17) is 4.74 Å². The van der Waals surface area contributed by atoms with Gasteiger partial charge in [-0.15, -0.1) is 10.2 Å². The zero-order chi connectivity index (χ0) is 11.7. The molecule has 0 bridgehead atoms. The molecule has 3 heterocycles. The number of carbonyl (C=O) groups excluding carboxylic acids is 1. The first-order valence-corrected chi connectivity index (χ1v) is 5.77. The lowest BCUT2D eigenvalue weighted by atomic mass is 10.2. The van der Waals surface area contributed by atoms with Crippen molar-refractivity contribution in [1.29, 1.82) is 0 Å². The Labute approximate surface area is 98.4 Å². The van der Waals surface area contributed by atoms with Crippen LogP contribution < -0.4 is 0 Å². The Morgan fingerprint density at radius 3 is 3.24 bits per heavy atom. The van der Waals surface area contributed by atoms with Gasteiger partial charge in [-0.25, -0.2) is 0 Å². The smallest absolute Gasteiger partial charge is 0.161 e. The highest BCUT2D eigenvalue weighted by Crippen LogP contribution is 2.17. The summed E-state index contributed by atoms with van der Waals surface area (Å²) in [6, 6.07) is 3.50. The molecule has 0 saturated carbocycles. The number of ether oxygens (including phenoxy) is 1. The maximum atomic E-state index is 10.7. The zero-order valence-electron chi connectivity index (χ0n) is 9.37. The van der Waals surface area contributed by atoms with Gasteiger partial charge in [0.25, 0.3) is 0 Å². The third kappa shape index (κ3) is 1.93. The van der Waals surface area contributed by atoms with E-state index in [0.29, 0.717) is 11.2 Å². The molecule has 0 N–H and O–H groups in total. The van der Waals surface area contributed by atoms with E-state index in [2.05, 4.69) is 10.2 Å². The van der Waals surface area contributed by atoms with Crippen molar-refractivity contribution >= 4 is 11.9 Å². The Morgan fingerprint density at radius 2 is 2.47 bits per heavy atom. The molecule has 1 atom stereocenters. The Kier molecular flexibility index (Phi) is 2.60. The zero-order valence-corrected chi connectivity index (χ0v) is 9.37. The number of hydrogen-bond donors (Lipinski definition) is 0. The van der Waals surface area contributed by atoms with Gasteiger partial charge in [0.05, 0.1) is 6.10 Å². The van der Waals surface area contributed by atoms with Gasteiger partial charge in [0.1, 0.15) is 12.1 Å². The van der Waals surface area contributed by atoms with Gasteiger partial charge in [0, 0.05) is 24.8 Å². The molecule has 88 valence electrons. The van der Waals surface area contributed by atoms with Gasteiger partial charge in [0.2, 0.25) is 0 Å².